The van der Waals surface area contributed by atoms with E-state index in [2.05, 4.69) is 23.2 Å². The Hall–Kier alpha value is -1.60. The summed E-state index contributed by atoms with van der Waals surface area (Å²) in [6, 6.07) is 8.83. The third-order valence-corrected chi connectivity index (χ3v) is 3.48. The summed E-state index contributed by atoms with van der Waals surface area (Å²) in [4.78, 5) is 2.19. The molecule has 1 unspecified atom stereocenters. The molecule has 0 saturated carbocycles. The Bertz CT molecular complexity index is 424. The van der Waals surface area contributed by atoms with Crippen molar-refractivity contribution >= 4 is 5.69 Å². The molecule has 104 valence electrons. The lowest BCUT2D eigenvalue weighted by Crippen LogP contribution is -2.39. The molecule has 1 N–H and O–H groups in total. The van der Waals surface area contributed by atoms with Crippen LogP contribution in [0.5, 0.6) is 0 Å². The van der Waals surface area contributed by atoms with Crippen LogP contribution < -0.4 is 10.2 Å². The monoisotopic (exact) mass is 263 g/mol. The number of hydrogen-bond donors (Lipinski definition) is 1. The van der Waals surface area contributed by atoms with E-state index >= 15 is 0 Å². The van der Waals surface area contributed by atoms with E-state index in [0.717, 1.165) is 31.6 Å². The van der Waals surface area contributed by atoms with Gasteiger partial charge in [-0.25, -0.2) is 4.39 Å². The van der Waals surface area contributed by atoms with Gasteiger partial charge in [-0.1, -0.05) is 0 Å². The lowest BCUT2D eigenvalue weighted by Gasteiger charge is -2.26. The smallest absolute Gasteiger partial charge is 0.123 e. The molecule has 4 heteroatoms. The highest BCUT2D eigenvalue weighted by molar-refractivity contribution is 5.45. The minimum absolute atomic E-state index is 0.216. The molecule has 0 heterocycles. The van der Waals surface area contributed by atoms with Gasteiger partial charge in [0.05, 0.1) is 6.07 Å². The van der Waals surface area contributed by atoms with Crippen LogP contribution in [0.15, 0.2) is 24.3 Å². The van der Waals surface area contributed by atoms with E-state index < -0.39 is 5.54 Å². The van der Waals surface area contributed by atoms with Gasteiger partial charge >= 0.3 is 0 Å². The summed E-state index contributed by atoms with van der Waals surface area (Å²) in [7, 11) is 1.81. The van der Waals surface area contributed by atoms with E-state index in [1.54, 1.807) is 19.2 Å². The van der Waals surface area contributed by atoms with Crippen molar-refractivity contribution in [3.05, 3.63) is 30.1 Å². The van der Waals surface area contributed by atoms with Crippen molar-refractivity contribution in [1.82, 2.24) is 5.32 Å². The molecule has 1 aromatic rings. The third kappa shape index (κ3) is 4.53. The number of rotatable bonds is 7. The van der Waals surface area contributed by atoms with Crippen molar-refractivity contribution in [2.24, 2.45) is 0 Å². The SMILES string of the molecule is CCN(CCCC(C)(C#N)NC)c1ccc(F)cc1. The van der Waals surface area contributed by atoms with E-state index in [1.165, 1.54) is 12.1 Å². The highest BCUT2D eigenvalue weighted by Gasteiger charge is 2.20. The van der Waals surface area contributed by atoms with Crippen LogP contribution in [0.1, 0.15) is 26.7 Å². The van der Waals surface area contributed by atoms with E-state index in [-0.39, 0.29) is 5.82 Å². The zero-order chi connectivity index (χ0) is 14.3. The number of anilines is 1. The lowest BCUT2D eigenvalue weighted by molar-refractivity contribution is 0.440. The number of halogens is 1. The summed E-state index contributed by atoms with van der Waals surface area (Å²) in [6.07, 6.45) is 1.70. The van der Waals surface area contributed by atoms with Gasteiger partial charge in [0, 0.05) is 18.8 Å². The molecule has 1 rings (SSSR count). The maximum Gasteiger partial charge on any atom is 0.123 e. The van der Waals surface area contributed by atoms with Gasteiger partial charge in [-0.05, 0) is 58.0 Å². The Balaban J connectivity index is 2.55. The fraction of sp³-hybridized carbons (Fsp3) is 0.533. The second-order valence-corrected chi connectivity index (χ2v) is 4.85. The van der Waals surface area contributed by atoms with Gasteiger partial charge < -0.3 is 10.2 Å². The number of benzene rings is 1. The van der Waals surface area contributed by atoms with Gasteiger partial charge in [0.25, 0.3) is 0 Å². The van der Waals surface area contributed by atoms with E-state index in [0.29, 0.717) is 0 Å². The molecule has 0 aliphatic carbocycles. The molecule has 19 heavy (non-hydrogen) atoms. The normalized spacial score (nSPS) is 13.6. The zero-order valence-corrected chi connectivity index (χ0v) is 11.9. The van der Waals surface area contributed by atoms with Crippen molar-refractivity contribution < 1.29 is 4.39 Å². The Kier molecular flexibility index (Phi) is 5.78. The molecule has 0 spiro atoms. The molecule has 0 bridgehead atoms. The maximum atomic E-state index is 12.9. The number of hydrogen-bond acceptors (Lipinski definition) is 3. The van der Waals surface area contributed by atoms with Gasteiger partial charge in [0.2, 0.25) is 0 Å². The summed E-state index contributed by atoms with van der Waals surface area (Å²) in [6.45, 7) is 5.71. The van der Waals surface area contributed by atoms with Gasteiger partial charge in [0.1, 0.15) is 11.4 Å². The van der Waals surface area contributed by atoms with Gasteiger partial charge in [-0.15, -0.1) is 0 Å². The number of nitrogens with one attached hydrogen (secondary N) is 1. The topological polar surface area (TPSA) is 39.1 Å². The van der Waals surface area contributed by atoms with Crippen LogP contribution in [0.3, 0.4) is 0 Å². The fourth-order valence-corrected chi connectivity index (χ4v) is 1.98. The van der Waals surface area contributed by atoms with Crippen LogP contribution in [-0.4, -0.2) is 25.7 Å². The second-order valence-electron chi connectivity index (χ2n) is 4.85. The first-order valence-corrected chi connectivity index (χ1v) is 6.65. The molecule has 0 aliphatic rings. The van der Waals surface area contributed by atoms with E-state index in [1.807, 2.05) is 6.92 Å². The van der Waals surface area contributed by atoms with Gasteiger partial charge in [-0.3, -0.25) is 0 Å². The highest BCUT2D eigenvalue weighted by atomic mass is 19.1. The molecule has 0 aromatic heterocycles. The van der Waals surface area contributed by atoms with E-state index in [9.17, 15) is 4.39 Å². The van der Waals surface area contributed by atoms with Crippen LogP contribution in [-0.2, 0) is 0 Å². The summed E-state index contributed by atoms with van der Waals surface area (Å²) >= 11 is 0. The van der Waals surface area contributed by atoms with Gasteiger partial charge in [-0.2, -0.15) is 5.26 Å². The van der Waals surface area contributed by atoms with Crippen LogP contribution >= 0.6 is 0 Å². The third-order valence-electron chi connectivity index (χ3n) is 3.48. The van der Waals surface area contributed by atoms with Crippen molar-refractivity contribution in [3.63, 3.8) is 0 Å². The summed E-state index contributed by atoms with van der Waals surface area (Å²) in [5.74, 6) is -0.216. The minimum Gasteiger partial charge on any atom is -0.372 e. The Morgan fingerprint density at radius 2 is 2.00 bits per heavy atom. The number of nitriles is 1. The first-order chi connectivity index (χ1) is 9.04. The van der Waals surface area contributed by atoms with Crippen molar-refractivity contribution in [2.75, 3.05) is 25.0 Å². The Morgan fingerprint density at radius 3 is 2.47 bits per heavy atom. The molecule has 0 fully saturated rings. The lowest BCUT2D eigenvalue weighted by atomic mass is 9.98. The first-order valence-electron chi connectivity index (χ1n) is 6.65. The summed E-state index contributed by atoms with van der Waals surface area (Å²) in [5, 5.41) is 12.1. The predicted octanol–water partition coefficient (Wildman–Crippen LogP) is 2.93. The van der Waals surface area contributed by atoms with Crippen LogP contribution in [0.4, 0.5) is 10.1 Å². The number of nitrogens with zero attached hydrogens (tertiary/aromatic N) is 2. The fourth-order valence-electron chi connectivity index (χ4n) is 1.98. The molecular formula is C15H22FN3. The minimum atomic E-state index is -0.470. The first kappa shape index (κ1) is 15.5. The average molecular weight is 263 g/mol. The molecule has 1 atom stereocenters. The highest BCUT2D eigenvalue weighted by Crippen LogP contribution is 2.17. The largest absolute Gasteiger partial charge is 0.372 e. The molecular weight excluding hydrogens is 241 g/mol. The van der Waals surface area contributed by atoms with Crippen molar-refractivity contribution in [1.29, 1.82) is 5.26 Å². The average Bonchev–Trinajstić information content (AvgIpc) is 2.44. The standard InChI is InChI=1S/C15H22FN3/c1-4-19(14-8-6-13(16)7-9-14)11-5-10-15(2,12-17)18-3/h6-9,18H,4-5,10-11H2,1-3H3. The molecule has 0 aliphatic heterocycles. The van der Waals surface area contributed by atoms with Crippen LogP contribution in [0.2, 0.25) is 0 Å². The van der Waals surface area contributed by atoms with E-state index in [4.69, 9.17) is 5.26 Å². The van der Waals surface area contributed by atoms with Crippen LogP contribution in [0, 0.1) is 17.1 Å². The molecule has 0 radical (unpaired) electrons. The Morgan fingerprint density at radius 1 is 1.37 bits per heavy atom. The molecule has 3 nitrogen and oxygen atoms in total. The predicted molar refractivity (Wildman–Crippen MR) is 76.6 cm³/mol. The molecule has 0 amide bonds. The Labute approximate surface area is 115 Å². The van der Waals surface area contributed by atoms with Crippen LogP contribution in [0.25, 0.3) is 0 Å². The van der Waals surface area contributed by atoms with Crippen molar-refractivity contribution in [3.8, 4) is 6.07 Å². The maximum absolute atomic E-state index is 12.9. The quantitative estimate of drug-likeness (QED) is 0.822. The van der Waals surface area contributed by atoms with Gasteiger partial charge in [0.15, 0.2) is 0 Å². The second kappa shape index (κ2) is 7.10. The van der Waals surface area contributed by atoms with Crippen molar-refractivity contribution in [2.45, 2.75) is 32.2 Å². The molecule has 0 saturated heterocycles. The summed E-state index contributed by atoms with van der Waals surface area (Å²) in [5.41, 5.74) is 0.550. The molecule has 1 aromatic carbocycles. The summed E-state index contributed by atoms with van der Waals surface area (Å²) < 4.78 is 12.9. The zero-order valence-electron chi connectivity index (χ0n) is 11.9.